The number of Topliss-reactive ketones (excluding diaryl/α,β-unsaturated/α-hetero) is 1. The Balaban J connectivity index is 1.65. The Bertz CT molecular complexity index is 723. The summed E-state index contributed by atoms with van der Waals surface area (Å²) in [5.41, 5.74) is 2.46. The molecule has 1 atom stereocenters. The largest absolute Gasteiger partial charge is 0.457 e. The number of nitrogens with zero attached hydrogens (tertiary/aromatic N) is 1. The van der Waals surface area contributed by atoms with Gasteiger partial charge < -0.3 is 18.5 Å². The van der Waals surface area contributed by atoms with Gasteiger partial charge in [0, 0.05) is 30.1 Å². The summed E-state index contributed by atoms with van der Waals surface area (Å²) >= 11 is 0. The SMILES string of the molecule is Cc1cc(C(=O)COC(=O)c2ccco2)c(C)n1C[C@@H]1CCCO1. The zero-order valence-electron chi connectivity index (χ0n) is 13.9. The van der Waals surface area contributed by atoms with Crippen LogP contribution in [0, 0.1) is 13.8 Å². The number of hydrogen-bond donors (Lipinski definition) is 0. The van der Waals surface area contributed by atoms with Gasteiger partial charge in [-0.2, -0.15) is 0 Å². The van der Waals surface area contributed by atoms with Gasteiger partial charge in [-0.25, -0.2) is 4.79 Å². The monoisotopic (exact) mass is 331 g/mol. The number of ether oxygens (including phenoxy) is 2. The highest BCUT2D eigenvalue weighted by Crippen LogP contribution is 2.20. The van der Waals surface area contributed by atoms with E-state index in [-0.39, 0.29) is 24.3 Å². The summed E-state index contributed by atoms with van der Waals surface area (Å²) in [6.07, 6.45) is 3.71. The summed E-state index contributed by atoms with van der Waals surface area (Å²) in [7, 11) is 0. The fourth-order valence-electron chi connectivity index (χ4n) is 3.03. The first kappa shape index (κ1) is 16.5. The van der Waals surface area contributed by atoms with Crippen LogP contribution in [0.25, 0.3) is 0 Å². The number of aryl methyl sites for hydroxylation is 1. The van der Waals surface area contributed by atoms with Gasteiger partial charge in [-0.05, 0) is 44.9 Å². The maximum atomic E-state index is 12.4. The van der Waals surface area contributed by atoms with Crippen LogP contribution in [-0.2, 0) is 16.0 Å². The molecule has 2 aromatic rings. The van der Waals surface area contributed by atoms with E-state index in [2.05, 4.69) is 4.57 Å². The number of aromatic nitrogens is 1. The van der Waals surface area contributed by atoms with Crippen LogP contribution in [0.15, 0.2) is 28.9 Å². The molecule has 3 rings (SSSR count). The minimum absolute atomic E-state index is 0.0895. The maximum absolute atomic E-state index is 12.4. The smallest absolute Gasteiger partial charge is 0.374 e. The van der Waals surface area contributed by atoms with Gasteiger partial charge in [0.05, 0.1) is 12.4 Å². The summed E-state index contributed by atoms with van der Waals surface area (Å²) in [4.78, 5) is 24.1. The molecule has 0 saturated carbocycles. The lowest BCUT2D eigenvalue weighted by Crippen LogP contribution is -2.18. The Morgan fingerprint density at radius 2 is 2.21 bits per heavy atom. The Morgan fingerprint density at radius 3 is 2.88 bits per heavy atom. The molecule has 0 amide bonds. The van der Waals surface area contributed by atoms with Crippen LogP contribution in [0.5, 0.6) is 0 Å². The van der Waals surface area contributed by atoms with Crippen LogP contribution in [-0.4, -0.2) is 35.6 Å². The van der Waals surface area contributed by atoms with Crippen molar-refractivity contribution in [3.8, 4) is 0 Å². The van der Waals surface area contributed by atoms with Crippen LogP contribution >= 0.6 is 0 Å². The second kappa shape index (κ2) is 7.05. The molecule has 0 bridgehead atoms. The van der Waals surface area contributed by atoms with Crippen molar-refractivity contribution >= 4 is 11.8 Å². The molecule has 0 N–H and O–H groups in total. The third-order valence-corrected chi connectivity index (χ3v) is 4.34. The Kier molecular flexibility index (Phi) is 4.85. The highest BCUT2D eigenvalue weighted by atomic mass is 16.5. The summed E-state index contributed by atoms with van der Waals surface area (Å²) in [6.45, 7) is 5.12. The average molecular weight is 331 g/mol. The molecule has 24 heavy (non-hydrogen) atoms. The van der Waals surface area contributed by atoms with Crippen LogP contribution < -0.4 is 0 Å². The van der Waals surface area contributed by atoms with Gasteiger partial charge in [0.25, 0.3) is 0 Å². The van der Waals surface area contributed by atoms with E-state index in [0.29, 0.717) is 5.56 Å². The Labute approximate surface area is 140 Å². The first-order valence-corrected chi connectivity index (χ1v) is 8.08. The molecular weight excluding hydrogens is 310 g/mol. The Hall–Kier alpha value is -2.34. The van der Waals surface area contributed by atoms with Crippen LogP contribution in [0.2, 0.25) is 0 Å². The summed E-state index contributed by atoms with van der Waals surface area (Å²) in [6, 6.07) is 4.94. The van der Waals surface area contributed by atoms with E-state index in [1.807, 2.05) is 19.9 Å². The minimum atomic E-state index is -0.637. The number of esters is 1. The third-order valence-electron chi connectivity index (χ3n) is 4.34. The van der Waals surface area contributed by atoms with Crippen molar-refractivity contribution in [2.45, 2.75) is 39.3 Å². The molecule has 3 heterocycles. The number of rotatable bonds is 6. The normalized spacial score (nSPS) is 17.2. The molecular formula is C18H21NO5. The molecule has 0 radical (unpaired) electrons. The number of carbonyl (C=O) groups excluding carboxylic acids is 2. The zero-order valence-corrected chi connectivity index (χ0v) is 13.9. The van der Waals surface area contributed by atoms with Crippen molar-refractivity contribution in [3.63, 3.8) is 0 Å². The van der Waals surface area contributed by atoms with Crippen molar-refractivity contribution in [3.05, 3.63) is 47.2 Å². The molecule has 1 saturated heterocycles. The molecule has 2 aromatic heterocycles. The molecule has 6 nitrogen and oxygen atoms in total. The van der Waals surface area contributed by atoms with Gasteiger partial charge in [0.15, 0.2) is 6.61 Å². The van der Waals surface area contributed by atoms with E-state index in [4.69, 9.17) is 13.9 Å². The van der Waals surface area contributed by atoms with Crippen molar-refractivity contribution in [1.82, 2.24) is 4.57 Å². The maximum Gasteiger partial charge on any atom is 0.374 e. The molecule has 128 valence electrons. The van der Waals surface area contributed by atoms with Crippen molar-refractivity contribution in [2.75, 3.05) is 13.2 Å². The summed E-state index contributed by atoms with van der Waals surface area (Å²) in [5.74, 6) is -0.769. The second-order valence-electron chi connectivity index (χ2n) is 6.01. The van der Waals surface area contributed by atoms with E-state index < -0.39 is 5.97 Å². The standard InChI is InChI=1S/C18H21NO5/c1-12-9-15(13(2)19(12)10-14-5-3-7-22-14)16(20)11-24-18(21)17-6-4-8-23-17/h4,6,8-9,14H,3,5,7,10-11H2,1-2H3/t14-/m0/s1. The van der Waals surface area contributed by atoms with Gasteiger partial charge in [-0.15, -0.1) is 0 Å². The number of carbonyl (C=O) groups is 2. The van der Waals surface area contributed by atoms with E-state index >= 15 is 0 Å². The first-order chi connectivity index (χ1) is 11.6. The molecule has 0 aromatic carbocycles. The lowest BCUT2D eigenvalue weighted by Gasteiger charge is -2.14. The van der Waals surface area contributed by atoms with E-state index in [1.54, 1.807) is 6.07 Å². The van der Waals surface area contributed by atoms with Crippen LogP contribution in [0.1, 0.15) is 45.1 Å². The Morgan fingerprint density at radius 1 is 1.38 bits per heavy atom. The molecule has 0 unspecified atom stereocenters. The minimum Gasteiger partial charge on any atom is -0.457 e. The topological polar surface area (TPSA) is 70.7 Å². The molecule has 1 aliphatic rings. The number of furan rings is 1. The fraction of sp³-hybridized carbons (Fsp3) is 0.444. The van der Waals surface area contributed by atoms with Crippen molar-refractivity contribution in [2.24, 2.45) is 0 Å². The van der Waals surface area contributed by atoms with Gasteiger partial charge in [0.2, 0.25) is 11.5 Å². The average Bonchev–Trinajstić information content (AvgIpc) is 3.30. The summed E-state index contributed by atoms with van der Waals surface area (Å²) < 4.78 is 17.7. The van der Waals surface area contributed by atoms with Crippen LogP contribution in [0.4, 0.5) is 0 Å². The van der Waals surface area contributed by atoms with Crippen LogP contribution in [0.3, 0.4) is 0 Å². The van der Waals surface area contributed by atoms with E-state index in [0.717, 1.165) is 37.4 Å². The number of hydrogen-bond acceptors (Lipinski definition) is 5. The molecule has 0 aliphatic carbocycles. The highest BCUT2D eigenvalue weighted by molar-refractivity contribution is 6.00. The zero-order chi connectivity index (χ0) is 17.1. The predicted molar refractivity (Wildman–Crippen MR) is 86.2 cm³/mol. The second-order valence-corrected chi connectivity index (χ2v) is 6.01. The lowest BCUT2D eigenvalue weighted by atomic mass is 10.1. The molecule has 6 heteroatoms. The predicted octanol–water partition coefficient (Wildman–Crippen LogP) is 2.92. The molecule has 1 fully saturated rings. The van der Waals surface area contributed by atoms with Crippen molar-refractivity contribution < 1.29 is 23.5 Å². The van der Waals surface area contributed by atoms with E-state index in [9.17, 15) is 9.59 Å². The highest BCUT2D eigenvalue weighted by Gasteiger charge is 2.22. The first-order valence-electron chi connectivity index (χ1n) is 8.08. The quantitative estimate of drug-likeness (QED) is 0.601. The molecule has 0 spiro atoms. The fourth-order valence-corrected chi connectivity index (χ4v) is 3.03. The lowest BCUT2D eigenvalue weighted by molar-refractivity contribution is 0.0443. The number of ketones is 1. The van der Waals surface area contributed by atoms with Crippen molar-refractivity contribution in [1.29, 1.82) is 0 Å². The molecule has 1 aliphatic heterocycles. The van der Waals surface area contributed by atoms with Gasteiger partial charge >= 0.3 is 5.97 Å². The summed E-state index contributed by atoms with van der Waals surface area (Å²) in [5, 5.41) is 0. The third kappa shape index (κ3) is 3.43. The van der Waals surface area contributed by atoms with Gasteiger partial charge in [0.1, 0.15) is 0 Å². The van der Waals surface area contributed by atoms with E-state index in [1.165, 1.54) is 12.3 Å². The van der Waals surface area contributed by atoms with Gasteiger partial charge in [-0.3, -0.25) is 4.79 Å². The van der Waals surface area contributed by atoms with Gasteiger partial charge in [-0.1, -0.05) is 0 Å².